The fourth-order valence-electron chi connectivity index (χ4n) is 4.41. The largest absolute Gasteiger partial charge is 0.497 e. The van der Waals surface area contributed by atoms with Crippen LogP contribution in [0.25, 0.3) is 0 Å². The average Bonchev–Trinajstić information content (AvgIpc) is 3.33. The van der Waals surface area contributed by atoms with E-state index in [4.69, 9.17) is 4.74 Å². The van der Waals surface area contributed by atoms with E-state index in [1.807, 2.05) is 36.1 Å². The van der Waals surface area contributed by atoms with Gasteiger partial charge in [0, 0.05) is 31.9 Å². The maximum absolute atomic E-state index is 13.4. The molecule has 4 rings (SSSR count). The van der Waals surface area contributed by atoms with Gasteiger partial charge < -0.3 is 14.5 Å². The van der Waals surface area contributed by atoms with E-state index in [1.165, 1.54) is 0 Å². The number of benzene rings is 1. The summed E-state index contributed by atoms with van der Waals surface area (Å²) in [5.41, 5.74) is 1.88. The summed E-state index contributed by atoms with van der Waals surface area (Å²) >= 11 is 0. The normalized spacial score (nSPS) is 22.1. The number of aryl methyl sites for hydroxylation is 1. The van der Waals surface area contributed by atoms with Crippen molar-refractivity contribution in [2.45, 2.75) is 32.7 Å². The summed E-state index contributed by atoms with van der Waals surface area (Å²) in [5, 5.41) is 6.89. The van der Waals surface area contributed by atoms with E-state index in [0.29, 0.717) is 25.3 Å². The van der Waals surface area contributed by atoms with E-state index < -0.39 is 5.41 Å². The molecule has 2 amide bonds. The van der Waals surface area contributed by atoms with Crippen molar-refractivity contribution in [2.24, 2.45) is 5.41 Å². The number of hydrogen-bond donors (Lipinski definition) is 1. The van der Waals surface area contributed by atoms with E-state index in [0.717, 1.165) is 42.8 Å². The first kappa shape index (κ1) is 18.5. The standard InChI is InChI=1S/C21H26N4O3/c1-15-11-18(23-22-15)19(26)25-10-8-21(14-25)7-4-9-24(20(21)27)13-16-5-3-6-17(12-16)28-2/h3,5-6,11-12H,4,7-10,13-14H2,1-2H3,(H,22,23)/t21-/m0/s1. The zero-order chi connectivity index (χ0) is 19.7. The molecule has 2 aliphatic heterocycles. The molecule has 1 aromatic carbocycles. The quantitative estimate of drug-likeness (QED) is 0.881. The Morgan fingerprint density at radius 3 is 2.89 bits per heavy atom. The predicted molar refractivity (Wildman–Crippen MR) is 104 cm³/mol. The van der Waals surface area contributed by atoms with Crippen molar-refractivity contribution in [1.82, 2.24) is 20.0 Å². The lowest BCUT2D eigenvalue weighted by atomic mass is 9.78. The minimum absolute atomic E-state index is 0.0982. The Morgan fingerprint density at radius 1 is 1.29 bits per heavy atom. The fraction of sp³-hybridized carbons (Fsp3) is 0.476. The lowest BCUT2D eigenvalue weighted by molar-refractivity contribution is -0.146. The third kappa shape index (κ3) is 3.37. The molecule has 2 aromatic rings. The molecule has 7 nitrogen and oxygen atoms in total. The molecule has 0 aliphatic carbocycles. The highest BCUT2D eigenvalue weighted by atomic mass is 16.5. The molecular formula is C21H26N4O3. The van der Waals surface area contributed by atoms with Crippen LogP contribution >= 0.6 is 0 Å². The zero-order valence-electron chi connectivity index (χ0n) is 16.4. The summed E-state index contributed by atoms with van der Waals surface area (Å²) in [6.45, 7) is 4.28. The summed E-state index contributed by atoms with van der Waals surface area (Å²) < 4.78 is 5.29. The van der Waals surface area contributed by atoms with Gasteiger partial charge >= 0.3 is 0 Å². The average molecular weight is 382 g/mol. The molecule has 148 valence electrons. The summed E-state index contributed by atoms with van der Waals surface area (Å²) in [5.74, 6) is 0.859. The molecule has 1 spiro atoms. The second kappa shape index (κ2) is 7.30. The van der Waals surface area contributed by atoms with Gasteiger partial charge in [0.25, 0.3) is 5.91 Å². The molecule has 0 bridgehead atoms. The number of aromatic amines is 1. The van der Waals surface area contributed by atoms with Crippen molar-refractivity contribution in [1.29, 1.82) is 0 Å². The van der Waals surface area contributed by atoms with E-state index in [9.17, 15) is 9.59 Å². The second-order valence-corrected chi connectivity index (χ2v) is 7.88. The van der Waals surface area contributed by atoms with Crippen LogP contribution in [0.15, 0.2) is 30.3 Å². The molecule has 7 heteroatoms. The predicted octanol–water partition coefficient (Wildman–Crippen LogP) is 2.38. The molecule has 2 fully saturated rings. The first-order valence-electron chi connectivity index (χ1n) is 9.74. The Bertz CT molecular complexity index is 893. The number of aromatic nitrogens is 2. The molecule has 1 N–H and O–H groups in total. The Balaban J connectivity index is 1.47. The van der Waals surface area contributed by atoms with Crippen LogP contribution in [-0.2, 0) is 11.3 Å². The van der Waals surface area contributed by atoms with Crippen LogP contribution in [0.1, 0.15) is 41.0 Å². The molecule has 2 aliphatic rings. The maximum atomic E-state index is 13.4. The van der Waals surface area contributed by atoms with Crippen molar-refractivity contribution in [2.75, 3.05) is 26.7 Å². The number of piperidine rings is 1. The lowest BCUT2D eigenvalue weighted by Gasteiger charge is -2.39. The van der Waals surface area contributed by atoms with Gasteiger partial charge in [-0.05, 0) is 49.9 Å². The molecule has 1 atom stereocenters. The van der Waals surface area contributed by atoms with Crippen molar-refractivity contribution in [3.8, 4) is 5.75 Å². The van der Waals surface area contributed by atoms with E-state index in [1.54, 1.807) is 18.1 Å². The van der Waals surface area contributed by atoms with Crippen molar-refractivity contribution in [3.63, 3.8) is 0 Å². The van der Waals surface area contributed by atoms with Gasteiger partial charge in [0.15, 0.2) is 0 Å². The summed E-state index contributed by atoms with van der Waals surface area (Å²) in [7, 11) is 1.64. The highest BCUT2D eigenvalue weighted by Crippen LogP contribution is 2.41. The third-order valence-electron chi connectivity index (χ3n) is 5.90. The monoisotopic (exact) mass is 382 g/mol. The molecule has 0 unspecified atom stereocenters. The van der Waals surface area contributed by atoms with Crippen molar-refractivity contribution in [3.05, 3.63) is 47.3 Å². The summed E-state index contributed by atoms with van der Waals surface area (Å²) in [6.07, 6.45) is 2.51. The summed E-state index contributed by atoms with van der Waals surface area (Å²) in [4.78, 5) is 29.8. The van der Waals surface area contributed by atoms with Gasteiger partial charge in [-0.2, -0.15) is 5.10 Å². The fourth-order valence-corrected chi connectivity index (χ4v) is 4.41. The number of nitrogens with zero attached hydrogens (tertiary/aromatic N) is 3. The molecule has 3 heterocycles. The minimum Gasteiger partial charge on any atom is -0.497 e. The molecule has 2 saturated heterocycles. The van der Waals surface area contributed by atoms with E-state index in [-0.39, 0.29) is 11.8 Å². The van der Waals surface area contributed by atoms with Crippen LogP contribution in [0.3, 0.4) is 0 Å². The smallest absolute Gasteiger partial charge is 0.274 e. The highest BCUT2D eigenvalue weighted by molar-refractivity contribution is 5.94. The Kier molecular flexibility index (Phi) is 4.83. The molecular weight excluding hydrogens is 356 g/mol. The van der Waals surface area contributed by atoms with Gasteiger partial charge in [-0.25, -0.2) is 0 Å². The van der Waals surface area contributed by atoms with Gasteiger partial charge in [-0.15, -0.1) is 0 Å². The van der Waals surface area contributed by atoms with Gasteiger partial charge in [0.05, 0.1) is 12.5 Å². The van der Waals surface area contributed by atoms with Crippen LogP contribution in [0.5, 0.6) is 5.75 Å². The molecule has 0 radical (unpaired) electrons. The Labute approximate surface area is 164 Å². The van der Waals surface area contributed by atoms with Gasteiger partial charge in [-0.1, -0.05) is 12.1 Å². The van der Waals surface area contributed by atoms with E-state index >= 15 is 0 Å². The number of carbonyl (C=O) groups is 2. The van der Waals surface area contributed by atoms with Gasteiger partial charge in [0.1, 0.15) is 11.4 Å². The number of methoxy groups -OCH3 is 1. The topological polar surface area (TPSA) is 78.5 Å². The first-order chi connectivity index (χ1) is 13.5. The van der Waals surface area contributed by atoms with Gasteiger partial charge in [-0.3, -0.25) is 14.7 Å². The number of rotatable bonds is 4. The number of ether oxygens (including phenoxy) is 1. The second-order valence-electron chi connectivity index (χ2n) is 7.88. The van der Waals surface area contributed by atoms with E-state index in [2.05, 4.69) is 10.2 Å². The number of nitrogens with one attached hydrogen (secondary N) is 1. The number of carbonyl (C=O) groups excluding carboxylic acids is 2. The molecule has 1 aromatic heterocycles. The van der Waals surface area contributed by atoms with Gasteiger partial charge in [0.2, 0.25) is 5.91 Å². The highest BCUT2D eigenvalue weighted by Gasteiger charge is 2.49. The van der Waals surface area contributed by atoms with Crippen LogP contribution in [-0.4, -0.2) is 58.6 Å². The molecule has 0 saturated carbocycles. The summed E-state index contributed by atoms with van der Waals surface area (Å²) in [6, 6.07) is 9.59. The maximum Gasteiger partial charge on any atom is 0.274 e. The number of amides is 2. The number of H-pyrrole nitrogens is 1. The number of likely N-dealkylation sites (tertiary alicyclic amines) is 2. The third-order valence-corrected chi connectivity index (χ3v) is 5.90. The molecule has 28 heavy (non-hydrogen) atoms. The van der Waals surface area contributed by atoms with Crippen LogP contribution in [0, 0.1) is 12.3 Å². The van der Waals surface area contributed by atoms with Crippen LogP contribution in [0.2, 0.25) is 0 Å². The number of hydrogen-bond acceptors (Lipinski definition) is 4. The van der Waals surface area contributed by atoms with Crippen LogP contribution in [0.4, 0.5) is 0 Å². The van der Waals surface area contributed by atoms with Crippen LogP contribution < -0.4 is 4.74 Å². The SMILES string of the molecule is COc1cccc(CN2CCC[C@@]3(CCN(C(=O)c4cc(C)[nH]n4)C3)C2=O)c1. The minimum atomic E-state index is -0.460. The van der Waals surface area contributed by atoms with Crippen molar-refractivity contribution >= 4 is 11.8 Å². The zero-order valence-corrected chi connectivity index (χ0v) is 16.4. The van der Waals surface area contributed by atoms with Crippen molar-refractivity contribution < 1.29 is 14.3 Å². The Hall–Kier alpha value is -2.83. The Morgan fingerprint density at radius 2 is 2.14 bits per heavy atom. The lowest BCUT2D eigenvalue weighted by Crippen LogP contribution is -2.50. The first-order valence-corrected chi connectivity index (χ1v) is 9.74.